The van der Waals surface area contributed by atoms with Crippen LogP contribution in [0.3, 0.4) is 0 Å². The zero-order chi connectivity index (χ0) is 24.4. The second-order valence-corrected chi connectivity index (χ2v) is 7.97. The number of carboxylic acid groups (broad SMARTS) is 3. The topological polar surface area (TPSA) is 170 Å². The van der Waals surface area contributed by atoms with Crippen molar-refractivity contribution in [3.63, 3.8) is 0 Å². The summed E-state index contributed by atoms with van der Waals surface area (Å²) in [6, 6.07) is -2.63. The second kappa shape index (κ2) is 18.0. The lowest BCUT2D eigenvalue weighted by molar-refractivity contribution is -0.144. The quantitative estimate of drug-likeness (QED) is 0.173. The van der Waals surface area contributed by atoms with Crippen LogP contribution in [-0.4, -0.2) is 57.1 Å². The van der Waals surface area contributed by atoms with Gasteiger partial charge in [-0.2, -0.15) is 0 Å². The molecular formula is C22H38N2O8. The molecule has 0 saturated heterocycles. The molecule has 0 aromatic carbocycles. The highest BCUT2D eigenvalue weighted by Gasteiger charge is 2.24. The zero-order valence-electron chi connectivity index (χ0n) is 18.9. The maximum Gasteiger partial charge on any atom is 0.326 e. The summed E-state index contributed by atoms with van der Waals surface area (Å²) in [6.07, 6.45) is 8.87. The molecule has 0 aliphatic rings. The summed E-state index contributed by atoms with van der Waals surface area (Å²) in [7, 11) is 0. The molecule has 0 rings (SSSR count). The first-order valence-corrected chi connectivity index (χ1v) is 11.4. The van der Waals surface area contributed by atoms with Gasteiger partial charge in [0.15, 0.2) is 0 Å². The number of carbonyl (C=O) groups is 5. The fraction of sp³-hybridized carbons (Fsp3) is 0.773. The Labute approximate surface area is 189 Å². The summed E-state index contributed by atoms with van der Waals surface area (Å²) in [5, 5.41) is 31.5. The normalized spacial score (nSPS) is 12.5. The van der Waals surface area contributed by atoms with E-state index in [9.17, 15) is 29.1 Å². The van der Waals surface area contributed by atoms with Crippen molar-refractivity contribution in [1.29, 1.82) is 0 Å². The summed E-state index contributed by atoms with van der Waals surface area (Å²) >= 11 is 0. The molecule has 0 heterocycles. The molecule has 0 aliphatic carbocycles. The van der Waals surface area contributed by atoms with Crippen LogP contribution in [0.4, 0.5) is 0 Å². The van der Waals surface area contributed by atoms with Crippen LogP contribution >= 0.6 is 0 Å². The lowest BCUT2D eigenvalue weighted by Gasteiger charge is -2.16. The number of aliphatic carboxylic acids is 3. The molecule has 32 heavy (non-hydrogen) atoms. The van der Waals surface area contributed by atoms with Gasteiger partial charge in [0.05, 0.1) is 0 Å². The number of hydrogen-bond donors (Lipinski definition) is 5. The van der Waals surface area contributed by atoms with E-state index in [0.717, 1.165) is 19.3 Å². The third-order valence-corrected chi connectivity index (χ3v) is 5.08. The van der Waals surface area contributed by atoms with Gasteiger partial charge in [0.1, 0.15) is 12.1 Å². The molecule has 184 valence electrons. The summed E-state index contributed by atoms with van der Waals surface area (Å²) in [5.41, 5.74) is 0. The molecule has 0 aromatic rings. The summed E-state index contributed by atoms with van der Waals surface area (Å²) in [5.74, 6) is -4.96. The third-order valence-electron chi connectivity index (χ3n) is 5.08. The average Bonchev–Trinajstić information content (AvgIpc) is 2.72. The molecule has 0 spiro atoms. The van der Waals surface area contributed by atoms with Gasteiger partial charge in [-0.05, 0) is 19.3 Å². The van der Waals surface area contributed by atoms with Gasteiger partial charge in [0.25, 0.3) is 0 Å². The largest absolute Gasteiger partial charge is 0.481 e. The predicted molar refractivity (Wildman–Crippen MR) is 117 cm³/mol. The van der Waals surface area contributed by atoms with Gasteiger partial charge in [-0.3, -0.25) is 14.4 Å². The fourth-order valence-corrected chi connectivity index (χ4v) is 3.19. The SMILES string of the molecule is CCCCCCCCCCCC(=O)N[C@@H](CCC(=O)NC(CCC(=O)O)C(=O)O)C(=O)O. The van der Waals surface area contributed by atoms with Gasteiger partial charge in [-0.25, -0.2) is 9.59 Å². The number of nitrogens with one attached hydrogen (secondary N) is 2. The van der Waals surface area contributed by atoms with Crippen LogP contribution in [0.2, 0.25) is 0 Å². The van der Waals surface area contributed by atoms with Crippen LogP contribution in [0.15, 0.2) is 0 Å². The Bertz CT molecular complexity index is 609. The summed E-state index contributed by atoms with van der Waals surface area (Å²) < 4.78 is 0. The average molecular weight is 459 g/mol. The third kappa shape index (κ3) is 16.1. The highest BCUT2D eigenvalue weighted by Crippen LogP contribution is 2.11. The van der Waals surface area contributed by atoms with E-state index in [1.807, 2.05) is 0 Å². The molecule has 10 nitrogen and oxygen atoms in total. The number of unbranched alkanes of at least 4 members (excludes halogenated alkanes) is 8. The Morgan fingerprint density at radius 3 is 1.44 bits per heavy atom. The maximum absolute atomic E-state index is 12.0. The second-order valence-electron chi connectivity index (χ2n) is 7.97. The standard InChI is InChI=1S/C22H38N2O8/c1-2-3-4-5-6-7-8-9-10-11-18(25)23-16(21(29)30)12-14-19(26)24-17(22(31)32)13-15-20(27)28/h16-17H,2-15H2,1H3,(H,23,25)(H,24,26)(H,27,28)(H,29,30)(H,31,32)/t16-,17?/m0/s1. The van der Waals surface area contributed by atoms with Crippen molar-refractivity contribution >= 4 is 29.7 Å². The van der Waals surface area contributed by atoms with E-state index in [-0.39, 0.29) is 25.7 Å². The lowest BCUT2D eigenvalue weighted by atomic mass is 10.1. The number of hydrogen-bond acceptors (Lipinski definition) is 5. The first-order valence-electron chi connectivity index (χ1n) is 11.4. The number of carbonyl (C=O) groups excluding carboxylic acids is 2. The van der Waals surface area contributed by atoms with Crippen molar-refractivity contribution in [1.82, 2.24) is 10.6 Å². The van der Waals surface area contributed by atoms with Crippen molar-refractivity contribution in [3.05, 3.63) is 0 Å². The van der Waals surface area contributed by atoms with E-state index < -0.39 is 48.2 Å². The van der Waals surface area contributed by atoms with Crippen LogP contribution in [0.5, 0.6) is 0 Å². The molecule has 2 atom stereocenters. The van der Waals surface area contributed by atoms with E-state index in [4.69, 9.17) is 10.2 Å². The Morgan fingerprint density at radius 1 is 0.594 bits per heavy atom. The van der Waals surface area contributed by atoms with E-state index in [1.165, 1.54) is 32.1 Å². The number of rotatable bonds is 20. The molecule has 0 fully saturated rings. The van der Waals surface area contributed by atoms with E-state index in [2.05, 4.69) is 17.6 Å². The first-order chi connectivity index (χ1) is 15.2. The minimum Gasteiger partial charge on any atom is -0.481 e. The first kappa shape index (κ1) is 29.4. The van der Waals surface area contributed by atoms with Crippen LogP contribution in [0.25, 0.3) is 0 Å². The van der Waals surface area contributed by atoms with E-state index in [1.54, 1.807) is 0 Å². The Kier molecular flexibility index (Phi) is 16.5. The Morgan fingerprint density at radius 2 is 1.00 bits per heavy atom. The molecule has 0 saturated carbocycles. The van der Waals surface area contributed by atoms with E-state index >= 15 is 0 Å². The van der Waals surface area contributed by atoms with Crippen LogP contribution < -0.4 is 10.6 Å². The lowest BCUT2D eigenvalue weighted by Crippen LogP contribution is -2.44. The van der Waals surface area contributed by atoms with Crippen molar-refractivity contribution in [2.45, 2.75) is 109 Å². The monoisotopic (exact) mass is 458 g/mol. The Hall–Kier alpha value is -2.65. The molecule has 1 unspecified atom stereocenters. The van der Waals surface area contributed by atoms with Crippen molar-refractivity contribution in [2.75, 3.05) is 0 Å². The summed E-state index contributed by atoms with van der Waals surface area (Å²) in [4.78, 5) is 57.0. The smallest absolute Gasteiger partial charge is 0.326 e. The maximum atomic E-state index is 12.0. The Balaban J connectivity index is 4.20. The molecule has 5 N–H and O–H groups in total. The molecule has 0 bridgehead atoms. The van der Waals surface area contributed by atoms with Gasteiger partial charge in [0.2, 0.25) is 11.8 Å². The van der Waals surface area contributed by atoms with Crippen LogP contribution in [-0.2, 0) is 24.0 Å². The van der Waals surface area contributed by atoms with Gasteiger partial charge < -0.3 is 26.0 Å². The molecule has 10 heteroatoms. The molecule has 0 aromatic heterocycles. The minimum absolute atomic E-state index is 0.198. The van der Waals surface area contributed by atoms with Crippen molar-refractivity contribution in [3.8, 4) is 0 Å². The van der Waals surface area contributed by atoms with E-state index in [0.29, 0.717) is 6.42 Å². The van der Waals surface area contributed by atoms with Crippen molar-refractivity contribution < 1.29 is 39.3 Å². The molecule has 2 amide bonds. The minimum atomic E-state index is -1.37. The van der Waals surface area contributed by atoms with Gasteiger partial charge in [-0.15, -0.1) is 0 Å². The van der Waals surface area contributed by atoms with Gasteiger partial charge in [0, 0.05) is 19.3 Å². The van der Waals surface area contributed by atoms with Crippen LogP contribution in [0.1, 0.15) is 96.8 Å². The molecular weight excluding hydrogens is 420 g/mol. The zero-order valence-corrected chi connectivity index (χ0v) is 18.9. The number of carboxylic acids is 3. The van der Waals surface area contributed by atoms with Crippen molar-refractivity contribution in [2.24, 2.45) is 0 Å². The number of amides is 2. The fourth-order valence-electron chi connectivity index (χ4n) is 3.19. The van der Waals surface area contributed by atoms with Crippen LogP contribution in [0, 0.1) is 0 Å². The highest BCUT2D eigenvalue weighted by atomic mass is 16.4. The predicted octanol–water partition coefficient (Wildman–Crippen LogP) is 2.69. The van der Waals surface area contributed by atoms with Gasteiger partial charge in [-0.1, -0.05) is 58.3 Å². The molecule has 0 aliphatic heterocycles. The molecule has 0 radical (unpaired) electrons. The van der Waals surface area contributed by atoms with Gasteiger partial charge >= 0.3 is 17.9 Å². The summed E-state index contributed by atoms with van der Waals surface area (Å²) in [6.45, 7) is 2.18. The highest BCUT2D eigenvalue weighted by molar-refractivity contribution is 5.86.